The van der Waals surface area contributed by atoms with Crippen molar-refractivity contribution in [3.63, 3.8) is 0 Å². The molecule has 1 unspecified atom stereocenters. The topological polar surface area (TPSA) is 172 Å². The summed E-state index contributed by atoms with van der Waals surface area (Å²) in [5, 5.41) is 8.87. The number of hydrogen-bond donors (Lipinski definition) is 3. The predicted octanol–water partition coefficient (Wildman–Crippen LogP) is 10.6. The molecular formula is C43H72NO10P. The molecular weight excluding hydrogens is 721 g/mol. The second-order valence-corrected chi connectivity index (χ2v) is 14.8. The van der Waals surface area contributed by atoms with E-state index in [0.717, 1.165) is 70.6 Å². The number of hydrogen-bond acceptors (Lipinski definition) is 9. The summed E-state index contributed by atoms with van der Waals surface area (Å²) in [6, 6.07) is -1.53. The average molecular weight is 794 g/mol. The zero-order valence-electron chi connectivity index (χ0n) is 33.7. The van der Waals surface area contributed by atoms with Crippen LogP contribution in [0.4, 0.5) is 0 Å². The third kappa shape index (κ3) is 37.6. The second kappa shape index (κ2) is 37.8. The first-order chi connectivity index (χ1) is 26.6. The van der Waals surface area contributed by atoms with E-state index in [1.54, 1.807) is 0 Å². The van der Waals surface area contributed by atoms with E-state index in [4.69, 9.17) is 24.8 Å². The first-order valence-corrected chi connectivity index (χ1v) is 22.0. The van der Waals surface area contributed by atoms with Gasteiger partial charge in [-0.05, 0) is 77.0 Å². The minimum absolute atomic E-state index is 0.0777. The van der Waals surface area contributed by atoms with Crippen molar-refractivity contribution in [2.75, 3.05) is 19.8 Å². The Hall–Kier alpha value is -3.08. The maximum Gasteiger partial charge on any atom is 0.472 e. The number of carbonyl (C=O) groups excluding carboxylic acids is 2. The number of phosphoric acid groups is 1. The highest BCUT2D eigenvalue weighted by molar-refractivity contribution is 7.47. The SMILES string of the molecule is CC/C=C\C/C=C\C/C=C\C/C=C\C/C=C\CCCC(=O)O[C@H](COC(=O)CCCCCCC/C=C\CCCCCCC)COP(=O)(O)OC[C@H](N)C(=O)O. The molecule has 3 atom stereocenters. The molecule has 0 aromatic heterocycles. The first kappa shape index (κ1) is 51.9. The molecule has 0 heterocycles. The third-order valence-electron chi connectivity index (χ3n) is 8.19. The van der Waals surface area contributed by atoms with Gasteiger partial charge in [0.1, 0.15) is 12.6 Å². The fourth-order valence-corrected chi connectivity index (χ4v) is 5.75. The molecule has 0 aromatic carbocycles. The Morgan fingerprint density at radius 2 is 1.04 bits per heavy atom. The van der Waals surface area contributed by atoms with Gasteiger partial charge in [0.25, 0.3) is 0 Å². The molecule has 0 aliphatic rings. The lowest BCUT2D eigenvalue weighted by Crippen LogP contribution is -2.34. The van der Waals surface area contributed by atoms with Gasteiger partial charge in [0, 0.05) is 12.8 Å². The van der Waals surface area contributed by atoms with Crippen LogP contribution in [0.3, 0.4) is 0 Å². The largest absolute Gasteiger partial charge is 0.480 e. The summed E-state index contributed by atoms with van der Waals surface area (Å²) in [6.45, 7) is 2.59. The Balaban J connectivity index is 4.54. The van der Waals surface area contributed by atoms with Gasteiger partial charge in [0.05, 0.1) is 13.2 Å². The minimum atomic E-state index is -4.73. The highest BCUT2D eigenvalue weighted by Gasteiger charge is 2.28. The van der Waals surface area contributed by atoms with Gasteiger partial charge in [-0.2, -0.15) is 0 Å². The lowest BCUT2D eigenvalue weighted by molar-refractivity contribution is -0.161. The summed E-state index contributed by atoms with van der Waals surface area (Å²) in [5.41, 5.74) is 5.32. The number of carboxylic acid groups (broad SMARTS) is 1. The highest BCUT2D eigenvalue weighted by atomic mass is 31.2. The van der Waals surface area contributed by atoms with Crippen LogP contribution >= 0.6 is 7.82 Å². The van der Waals surface area contributed by atoms with E-state index >= 15 is 0 Å². The van der Waals surface area contributed by atoms with E-state index in [2.05, 4.69) is 79.1 Å². The fourth-order valence-electron chi connectivity index (χ4n) is 4.98. The van der Waals surface area contributed by atoms with Crippen LogP contribution in [0.5, 0.6) is 0 Å². The Morgan fingerprint density at radius 1 is 0.582 bits per heavy atom. The summed E-state index contributed by atoms with van der Waals surface area (Å²) < 4.78 is 32.6. The molecule has 0 aromatic rings. The van der Waals surface area contributed by atoms with Crippen molar-refractivity contribution >= 4 is 25.7 Å². The third-order valence-corrected chi connectivity index (χ3v) is 9.14. The second-order valence-electron chi connectivity index (χ2n) is 13.4. The van der Waals surface area contributed by atoms with Crippen LogP contribution in [0.2, 0.25) is 0 Å². The van der Waals surface area contributed by atoms with Crippen LogP contribution in [0, 0.1) is 0 Å². The number of esters is 2. The van der Waals surface area contributed by atoms with Gasteiger partial charge in [-0.1, -0.05) is 132 Å². The zero-order valence-corrected chi connectivity index (χ0v) is 34.6. The van der Waals surface area contributed by atoms with Crippen molar-refractivity contribution < 1.29 is 47.5 Å². The number of carbonyl (C=O) groups is 3. The van der Waals surface area contributed by atoms with Crippen molar-refractivity contribution in [1.29, 1.82) is 0 Å². The summed E-state index contributed by atoms with van der Waals surface area (Å²) >= 11 is 0. The molecule has 0 saturated carbocycles. The quantitative estimate of drug-likeness (QED) is 0.0236. The van der Waals surface area contributed by atoms with E-state index in [1.807, 2.05) is 12.2 Å². The zero-order chi connectivity index (χ0) is 40.7. The summed E-state index contributed by atoms with van der Waals surface area (Å²) in [5.74, 6) is -2.48. The van der Waals surface area contributed by atoms with Gasteiger partial charge in [0.2, 0.25) is 0 Å². The van der Waals surface area contributed by atoms with Crippen molar-refractivity contribution in [1.82, 2.24) is 0 Å². The molecule has 11 nitrogen and oxygen atoms in total. The number of rotatable bonds is 37. The van der Waals surface area contributed by atoms with Crippen LogP contribution in [-0.4, -0.2) is 59.9 Å². The molecule has 0 aliphatic carbocycles. The monoisotopic (exact) mass is 793 g/mol. The molecule has 0 aliphatic heterocycles. The molecule has 0 bridgehead atoms. The van der Waals surface area contributed by atoms with Gasteiger partial charge >= 0.3 is 25.7 Å². The van der Waals surface area contributed by atoms with Gasteiger partial charge in [-0.25, -0.2) is 4.57 Å². The maximum absolute atomic E-state index is 12.6. The lowest BCUT2D eigenvalue weighted by atomic mass is 10.1. The highest BCUT2D eigenvalue weighted by Crippen LogP contribution is 2.43. The Bertz CT molecular complexity index is 1210. The predicted molar refractivity (Wildman–Crippen MR) is 221 cm³/mol. The summed E-state index contributed by atoms with van der Waals surface area (Å²) in [7, 11) is -4.73. The van der Waals surface area contributed by atoms with E-state index in [1.165, 1.54) is 32.1 Å². The summed E-state index contributed by atoms with van der Waals surface area (Å²) in [6.07, 6.45) is 44.0. The average Bonchev–Trinajstić information content (AvgIpc) is 3.16. The van der Waals surface area contributed by atoms with Crippen LogP contribution < -0.4 is 5.73 Å². The smallest absolute Gasteiger partial charge is 0.472 e. The van der Waals surface area contributed by atoms with Crippen LogP contribution in [-0.2, 0) is 37.5 Å². The molecule has 0 spiro atoms. The number of unbranched alkanes of at least 4 members (excludes halogenated alkanes) is 11. The number of phosphoric ester groups is 1. The van der Waals surface area contributed by atoms with E-state index in [0.29, 0.717) is 19.3 Å². The van der Waals surface area contributed by atoms with Crippen LogP contribution in [0.15, 0.2) is 72.9 Å². The van der Waals surface area contributed by atoms with Gasteiger partial charge < -0.3 is 25.2 Å². The fraction of sp³-hybridized carbons (Fsp3) is 0.651. The van der Waals surface area contributed by atoms with Crippen molar-refractivity contribution in [2.24, 2.45) is 5.73 Å². The molecule has 55 heavy (non-hydrogen) atoms. The number of ether oxygens (including phenoxy) is 2. The normalized spacial score (nSPS) is 14.5. The number of allylic oxidation sites excluding steroid dienone is 12. The molecule has 0 rings (SSSR count). The molecule has 12 heteroatoms. The standard InChI is InChI=1S/C43H72NO10P/c1-3-5-7-9-11-13-15-17-19-20-21-23-25-27-29-31-33-35-42(46)54-39(37-52-55(49,50)53-38-40(44)43(47)48)36-51-41(45)34-32-30-28-26-24-22-18-16-14-12-10-8-6-4-2/h5,7,11,13,16-19,21,23,27,29,39-40H,3-4,6,8-10,12,14-15,20,22,24-26,28,30-38,44H2,1-2H3,(H,47,48)(H,49,50)/b7-5-,13-11-,18-16-,19-17-,23-21-,29-27-/t39-,40+/m1/s1. The number of aliphatic carboxylic acids is 1. The van der Waals surface area contributed by atoms with Gasteiger partial charge in [-0.15, -0.1) is 0 Å². The van der Waals surface area contributed by atoms with E-state index < -0.39 is 51.1 Å². The molecule has 0 fully saturated rings. The Kier molecular flexibility index (Phi) is 35.7. The maximum atomic E-state index is 12.6. The van der Waals surface area contributed by atoms with Crippen molar-refractivity contribution in [3.05, 3.63) is 72.9 Å². The van der Waals surface area contributed by atoms with Crippen molar-refractivity contribution in [2.45, 2.75) is 161 Å². The Morgan fingerprint density at radius 3 is 1.60 bits per heavy atom. The van der Waals surface area contributed by atoms with E-state index in [-0.39, 0.29) is 19.4 Å². The molecule has 4 N–H and O–H groups in total. The molecule has 314 valence electrons. The molecule has 0 saturated heterocycles. The summed E-state index contributed by atoms with van der Waals surface area (Å²) in [4.78, 5) is 45.8. The first-order valence-electron chi connectivity index (χ1n) is 20.5. The lowest BCUT2D eigenvalue weighted by Gasteiger charge is -2.20. The Labute approximate surface area is 331 Å². The number of nitrogens with two attached hydrogens (primary N) is 1. The van der Waals surface area contributed by atoms with Crippen LogP contribution in [0.1, 0.15) is 149 Å². The molecule has 0 amide bonds. The van der Waals surface area contributed by atoms with Crippen LogP contribution in [0.25, 0.3) is 0 Å². The molecule has 0 radical (unpaired) electrons. The number of carboxylic acids is 1. The van der Waals surface area contributed by atoms with Gasteiger partial charge in [0.15, 0.2) is 6.10 Å². The van der Waals surface area contributed by atoms with E-state index in [9.17, 15) is 23.8 Å². The van der Waals surface area contributed by atoms with Crippen molar-refractivity contribution in [3.8, 4) is 0 Å². The van der Waals surface area contributed by atoms with Gasteiger partial charge in [-0.3, -0.25) is 23.4 Å². The minimum Gasteiger partial charge on any atom is -0.480 e.